The van der Waals surface area contributed by atoms with E-state index in [0.717, 1.165) is 96.7 Å². The zero-order chi connectivity index (χ0) is 67.3. The Morgan fingerprint density at radius 2 is 0.794 bits per heavy atom. The van der Waals surface area contributed by atoms with Crippen LogP contribution in [0.5, 0.6) is 0 Å². The standard InChI is InChI=1S/C84H110N2O11/c1-2-3-4-5-6-7-8-9-10-12-15-39-56-76(90-60-69-44-27-19-28-45-69)79(91-61-70-46-29-20-30-47-70)75(86-78(87)57-40-16-13-11-14-17-41-58-85-84(88)96-65-74-54-37-24-38-55-74)66-95-83-82(94-64-73-52-35-23-36-53-73)81(93-63-72-50-33-22-34-51-72)80(92-62-71-48-31-21-32-49-71)77(97-83)67-89-59-68-42-25-18-26-43-68/h18-38,42-55,75-77,79-83H,2-17,39-41,56-67H2,1H3,(H,85,88)(H,86,87)/t75-,76+,77+,79-,80-,81-,82+,83-/m0/s1. The monoisotopic (exact) mass is 1320 g/mol. The molecule has 0 bridgehead atoms. The SMILES string of the molecule is CCCCCCCCCCCCCC[C@@H](OCc1ccccc1)[C@@H](OCc1ccccc1)[C@H](CO[C@H]1O[C@H](COCc2ccccc2)[C@H](OCc2ccccc2)[C@H](OCc2ccccc2)[C@H]1OCc1ccccc1)NC(=O)CCCCCCCCCNC(=O)OCc1ccccc1. The Kier molecular flexibility index (Phi) is 36.7. The van der Waals surface area contributed by atoms with Gasteiger partial charge in [-0.1, -0.05) is 328 Å². The normalized spacial score (nSPS) is 17.1. The first-order valence-electron chi connectivity index (χ1n) is 36.4. The molecule has 8 atom stereocenters. The van der Waals surface area contributed by atoms with Crippen molar-refractivity contribution in [3.8, 4) is 0 Å². The van der Waals surface area contributed by atoms with Crippen LogP contribution in [0.3, 0.4) is 0 Å². The number of rotatable bonds is 50. The van der Waals surface area contributed by atoms with Crippen LogP contribution in [0.15, 0.2) is 212 Å². The number of hydrogen-bond donors (Lipinski definition) is 2. The predicted molar refractivity (Wildman–Crippen MR) is 385 cm³/mol. The van der Waals surface area contributed by atoms with Crippen LogP contribution in [0.25, 0.3) is 0 Å². The van der Waals surface area contributed by atoms with Crippen LogP contribution in [0.2, 0.25) is 0 Å². The maximum atomic E-state index is 14.8. The Hall–Kier alpha value is -7.04. The van der Waals surface area contributed by atoms with Crippen molar-refractivity contribution in [2.45, 2.75) is 237 Å². The van der Waals surface area contributed by atoms with Crippen LogP contribution in [-0.2, 0) is 93.7 Å². The van der Waals surface area contributed by atoms with Crippen molar-refractivity contribution in [3.05, 3.63) is 251 Å². The first-order valence-corrected chi connectivity index (χ1v) is 36.4. The summed E-state index contributed by atoms with van der Waals surface area (Å²) >= 11 is 0. The molecule has 0 aromatic heterocycles. The Morgan fingerprint density at radius 1 is 0.402 bits per heavy atom. The van der Waals surface area contributed by atoms with Crippen molar-refractivity contribution in [3.63, 3.8) is 0 Å². The Bertz CT molecular complexity index is 3080. The number of amides is 2. The molecule has 1 saturated heterocycles. The van der Waals surface area contributed by atoms with Crippen molar-refractivity contribution in [1.29, 1.82) is 0 Å². The fourth-order valence-electron chi connectivity index (χ4n) is 12.4. The van der Waals surface area contributed by atoms with Crippen LogP contribution in [-0.4, -0.2) is 80.7 Å². The summed E-state index contributed by atoms with van der Waals surface area (Å²) in [6.07, 6.45) is 16.9. The molecule has 0 unspecified atom stereocenters. The fraction of sp³-hybridized carbons (Fsp3) is 0.476. The van der Waals surface area contributed by atoms with Gasteiger partial charge in [-0.2, -0.15) is 0 Å². The van der Waals surface area contributed by atoms with E-state index in [1.165, 1.54) is 57.8 Å². The van der Waals surface area contributed by atoms with E-state index >= 15 is 0 Å². The van der Waals surface area contributed by atoms with Gasteiger partial charge in [0, 0.05) is 13.0 Å². The highest BCUT2D eigenvalue weighted by Gasteiger charge is 2.50. The molecule has 1 aliphatic heterocycles. The van der Waals surface area contributed by atoms with Gasteiger partial charge in [0.2, 0.25) is 5.91 Å². The van der Waals surface area contributed by atoms with E-state index in [1.807, 2.05) is 152 Å². The average Bonchev–Trinajstić information content (AvgIpc) is 0.814. The number of nitrogens with one attached hydrogen (secondary N) is 2. The molecule has 1 fully saturated rings. The van der Waals surface area contributed by atoms with Crippen LogP contribution < -0.4 is 10.6 Å². The van der Waals surface area contributed by atoms with Gasteiger partial charge in [-0.15, -0.1) is 0 Å². The molecular formula is C84H110N2O11. The maximum absolute atomic E-state index is 14.8. The molecule has 13 nitrogen and oxygen atoms in total. The van der Waals surface area contributed by atoms with E-state index in [-0.39, 0.29) is 52.2 Å². The van der Waals surface area contributed by atoms with E-state index in [9.17, 15) is 9.59 Å². The number of ether oxygens (including phenoxy) is 9. The molecule has 13 heteroatoms. The highest BCUT2D eigenvalue weighted by atomic mass is 16.7. The highest BCUT2D eigenvalue weighted by molar-refractivity contribution is 5.76. The summed E-state index contributed by atoms with van der Waals surface area (Å²) in [6, 6.07) is 70.0. The quantitative estimate of drug-likeness (QED) is 0.0352. The summed E-state index contributed by atoms with van der Waals surface area (Å²) in [5.41, 5.74) is 7.01. The lowest BCUT2D eigenvalue weighted by molar-refractivity contribution is -0.330. The zero-order valence-corrected chi connectivity index (χ0v) is 57.7. The number of alkyl carbamates (subject to hydrolysis) is 1. The van der Waals surface area contributed by atoms with Gasteiger partial charge in [0.25, 0.3) is 0 Å². The average molecular weight is 1320 g/mol. The minimum absolute atomic E-state index is 0.0111. The van der Waals surface area contributed by atoms with Gasteiger partial charge in [-0.05, 0) is 58.2 Å². The predicted octanol–water partition coefficient (Wildman–Crippen LogP) is 18.5. The first-order chi connectivity index (χ1) is 48.0. The van der Waals surface area contributed by atoms with E-state index in [1.54, 1.807) is 0 Å². The van der Waals surface area contributed by atoms with Crippen LogP contribution in [0, 0.1) is 0 Å². The molecule has 1 aliphatic rings. The molecule has 2 N–H and O–H groups in total. The summed E-state index contributed by atoms with van der Waals surface area (Å²) in [6.45, 7) is 5.04. The van der Waals surface area contributed by atoms with Crippen LogP contribution in [0.4, 0.5) is 4.79 Å². The van der Waals surface area contributed by atoms with Crippen molar-refractivity contribution < 1.29 is 52.2 Å². The molecule has 7 aromatic rings. The first kappa shape index (κ1) is 75.7. The molecule has 0 aliphatic carbocycles. The molecular weight excluding hydrogens is 1210 g/mol. The summed E-state index contributed by atoms with van der Waals surface area (Å²) in [7, 11) is 0. The van der Waals surface area contributed by atoms with Gasteiger partial charge in [-0.3, -0.25) is 4.79 Å². The highest BCUT2D eigenvalue weighted by Crippen LogP contribution is 2.33. The maximum Gasteiger partial charge on any atom is 0.407 e. The van der Waals surface area contributed by atoms with Crippen molar-refractivity contribution in [2.24, 2.45) is 0 Å². The summed E-state index contributed by atoms with van der Waals surface area (Å²) in [5, 5.41) is 6.41. The molecule has 0 spiro atoms. The van der Waals surface area contributed by atoms with Gasteiger partial charge in [0.05, 0.1) is 65.0 Å². The largest absolute Gasteiger partial charge is 0.445 e. The lowest BCUT2D eigenvalue weighted by Crippen LogP contribution is -2.62. The lowest BCUT2D eigenvalue weighted by atomic mass is 9.97. The van der Waals surface area contributed by atoms with E-state index in [4.69, 9.17) is 42.6 Å². The number of hydrogen-bond acceptors (Lipinski definition) is 11. The van der Waals surface area contributed by atoms with E-state index in [2.05, 4.69) is 78.2 Å². The number of unbranched alkanes of at least 4 members (excludes halogenated alkanes) is 17. The van der Waals surface area contributed by atoms with Gasteiger partial charge in [0.1, 0.15) is 37.1 Å². The third kappa shape index (κ3) is 30.3. The second kappa shape index (κ2) is 47.0. The summed E-state index contributed by atoms with van der Waals surface area (Å²) in [4.78, 5) is 27.2. The van der Waals surface area contributed by atoms with Crippen molar-refractivity contribution in [1.82, 2.24) is 10.6 Å². The fourth-order valence-corrected chi connectivity index (χ4v) is 12.4. The molecule has 7 aromatic carbocycles. The molecule has 0 radical (unpaired) electrons. The van der Waals surface area contributed by atoms with Crippen LogP contribution >= 0.6 is 0 Å². The third-order valence-electron chi connectivity index (χ3n) is 17.9. The smallest absolute Gasteiger partial charge is 0.407 e. The minimum atomic E-state index is -1.04. The lowest BCUT2D eigenvalue weighted by Gasteiger charge is -2.46. The molecule has 0 saturated carbocycles. The Balaban J connectivity index is 1.05. The second-order valence-corrected chi connectivity index (χ2v) is 25.8. The van der Waals surface area contributed by atoms with E-state index < -0.39 is 55.0 Å². The molecule has 97 heavy (non-hydrogen) atoms. The summed E-state index contributed by atoms with van der Waals surface area (Å²) in [5.74, 6) is -0.0913. The van der Waals surface area contributed by atoms with Gasteiger partial charge < -0.3 is 53.3 Å². The summed E-state index contributed by atoms with van der Waals surface area (Å²) < 4.78 is 62.2. The van der Waals surface area contributed by atoms with Gasteiger partial charge in [-0.25, -0.2) is 4.79 Å². The van der Waals surface area contributed by atoms with Gasteiger partial charge in [0.15, 0.2) is 6.29 Å². The van der Waals surface area contributed by atoms with Crippen molar-refractivity contribution >= 4 is 12.0 Å². The topological polar surface area (TPSA) is 141 Å². The minimum Gasteiger partial charge on any atom is -0.445 e. The molecule has 522 valence electrons. The van der Waals surface area contributed by atoms with E-state index in [0.29, 0.717) is 39.0 Å². The molecule has 8 rings (SSSR count). The third-order valence-corrected chi connectivity index (χ3v) is 17.9. The molecule has 1 heterocycles. The molecule has 2 amide bonds. The number of carbonyl (C=O) groups is 2. The second-order valence-electron chi connectivity index (χ2n) is 25.8. The zero-order valence-electron chi connectivity index (χ0n) is 57.7. The Morgan fingerprint density at radius 3 is 1.28 bits per heavy atom. The number of benzene rings is 7. The van der Waals surface area contributed by atoms with Crippen molar-refractivity contribution in [2.75, 3.05) is 19.8 Å². The van der Waals surface area contributed by atoms with Gasteiger partial charge >= 0.3 is 6.09 Å². The van der Waals surface area contributed by atoms with Crippen LogP contribution in [0.1, 0.15) is 181 Å². The Labute approximate surface area is 580 Å². The number of carbonyl (C=O) groups excluding carboxylic acids is 2.